The predicted octanol–water partition coefficient (Wildman–Crippen LogP) is 6.33. The first-order valence-electron chi connectivity index (χ1n) is 10.5. The van der Waals surface area contributed by atoms with Gasteiger partial charge in [-0.15, -0.1) is 0 Å². The molecule has 0 N–H and O–H groups in total. The van der Waals surface area contributed by atoms with Crippen molar-refractivity contribution in [1.29, 1.82) is 0 Å². The average molecular weight is 515 g/mol. The summed E-state index contributed by atoms with van der Waals surface area (Å²) in [5, 5.41) is 3.83. The lowest BCUT2D eigenvalue weighted by molar-refractivity contribution is -0.275. The van der Waals surface area contributed by atoms with Crippen molar-refractivity contribution < 1.29 is 27.6 Å². The number of ketones is 1. The fourth-order valence-electron chi connectivity index (χ4n) is 3.72. The molecule has 0 bridgehead atoms. The van der Waals surface area contributed by atoms with Crippen LogP contribution in [0.2, 0.25) is 10.0 Å². The number of nitrogens with zero attached hydrogens (tertiary/aromatic N) is 2. The Morgan fingerprint density at radius 2 is 1.76 bits per heavy atom. The van der Waals surface area contributed by atoms with Gasteiger partial charge in [-0.25, -0.2) is 0 Å². The average Bonchev–Trinajstić information content (AvgIpc) is 3.23. The molecule has 1 heterocycles. The Bertz CT molecular complexity index is 1130. The fraction of sp³-hybridized carbons (Fsp3) is 0.375. The van der Waals surface area contributed by atoms with Gasteiger partial charge in [0, 0.05) is 54.0 Å². The van der Waals surface area contributed by atoms with Crippen LogP contribution in [0.1, 0.15) is 53.2 Å². The highest BCUT2D eigenvalue weighted by atomic mass is 35.5. The number of hydrogen-bond acceptors (Lipinski definition) is 4. The van der Waals surface area contributed by atoms with Gasteiger partial charge in [0.05, 0.1) is 5.71 Å². The predicted molar refractivity (Wildman–Crippen MR) is 124 cm³/mol. The van der Waals surface area contributed by atoms with Gasteiger partial charge in [0.25, 0.3) is 5.60 Å². The number of alkyl halides is 3. The van der Waals surface area contributed by atoms with Crippen LogP contribution in [0.15, 0.2) is 41.6 Å². The highest BCUT2D eigenvalue weighted by Crippen LogP contribution is 2.49. The molecule has 0 saturated carbocycles. The lowest BCUT2D eigenvalue weighted by Crippen LogP contribution is -2.42. The number of carbonyl (C=O) groups is 2. The van der Waals surface area contributed by atoms with Crippen molar-refractivity contribution in [3.8, 4) is 0 Å². The molecule has 0 aromatic heterocycles. The Balaban J connectivity index is 1.83. The molecule has 1 unspecified atom stereocenters. The second-order valence-electron chi connectivity index (χ2n) is 8.15. The number of aryl methyl sites for hydroxylation is 1. The molecule has 0 radical (unpaired) electrons. The summed E-state index contributed by atoms with van der Waals surface area (Å²) < 4.78 is 42.5. The lowest BCUT2D eigenvalue weighted by Gasteiger charge is -2.29. The molecule has 5 nitrogen and oxygen atoms in total. The van der Waals surface area contributed by atoms with Gasteiger partial charge in [0.2, 0.25) is 5.91 Å². The first kappa shape index (κ1) is 26.0. The van der Waals surface area contributed by atoms with Crippen LogP contribution in [0.25, 0.3) is 0 Å². The number of amides is 1. The van der Waals surface area contributed by atoms with E-state index in [0.717, 1.165) is 12.1 Å². The van der Waals surface area contributed by atoms with Crippen LogP contribution in [0.4, 0.5) is 13.2 Å². The number of benzene rings is 2. The van der Waals surface area contributed by atoms with E-state index in [9.17, 15) is 22.8 Å². The van der Waals surface area contributed by atoms with Crippen molar-refractivity contribution in [3.63, 3.8) is 0 Å². The maximum Gasteiger partial charge on any atom is 0.435 e. The Labute approximate surface area is 205 Å². The zero-order valence-corrected chi connectivity index (χ0v) is 20.3. The second-order valence-corrected chi connectivity index (χ2v) is 9.02. The van der Waals surface area contributed by atoms with E-state index in [1.165, 1.54) is 23.1 Å². The zero-order valence-electron chi connectivity index (χ0n) is 18.8. The minimum Gasteiger partial charge on any atom is -0.374 e. The number of hydrogen-bond donors (Lipinski definition) is 0. The molecule has 2 aromatic carbocycles. The molecule has 1 atom stereocenters. The Morgan fingerprint density at radius 3 is 2.32 bits per heavy atom. The molecule has 2 aromatic rings. The van der Waals surface area contributed by atoms with E-state index < -0.39 is 18.2 Å². The van der Waals surface area contributed by atoms with Crippen LogP contribution in [0.3, 0.4) is 0 Å². The molecule has 0 spiro atoms. The summed E-state index contributed by atoms with van der Waals surface area (Å²) in [7, 11) is 1.66. The highest BCUT2D eigenvalue weighted by Gasteiger charge is 2.62. The number of rotatable bonds is 7. The highest BCUT2D eigenvalue weighted by molar-refractivity contribution is 6.34. The van der Waals surface area contributed by atoms with Gasteiger partial charge in [-0.1, -0.05) is 40.5 Å². The van der Waals surface area contributed by atoms with Gasteiger partial charge in [-0.2, -0.15) is 13.2 Å². The normalized spacial score (nSPS) is 17.8. The molecular formula is C24H23Cl2F3N2O3. The summed E-state index contributed by atoms with van der Waals surface area (Å²) in [5.74, 6) is -0.350. The van der Waals surface area contributed by atoms with Gasteiger partial charge >= 0.3 is 6.18 Å². The summed E-state index contributed by atoms with van der Waals surface area (Å²) in [4.78, 5) is 31.1. The molecule has 182 valence electrons. The molecule has 1 aliphatic heterocycles. The zero-order chi connectivity index (χ0) is 25.3. The van der Waals surface area contributed by atoms with Gasteiger partial charge in [-0.3, -0.25) is 9.59 Å². The minimum atomic E-state index is -4.80. The third-order valence-corrected chi connectivity index (χ3v) is 6.28. The van der Waals surface area contributed by atoms with E-state index >= 15 is 0 Å². The summed E-state index contributed by atoms with van der Waals surface area (Å²) in [6.45, 7) is 4.07. The third-order valence-electron chi connectivity index (χ3n) is 5.84. The number of oxime groups is 1. The van der Waals surface area contributed by atoms with Gasteiger partial charge in [0.1, 0.15) is 0 Å². The SMILES string of the molecule is CCN(C)C(=O)CCC(=O)c1ccc(C2=NOC(c3cc(Cl)cc(Cl)c3)(C(F)(F)F)C2)cc1C. The van der Waals surface area contributed by atoms with E-state index in [0.29, 0.717) is 23.2 Å². The van der Waals surface area contributed by atoms with E-state index in [1.54, 1.807) is 20.0 Å². The van der Waals surface area contributed by atoms with E-state index in [2.05, 4.69) is 5.16 Å². The molecule has 0 aliphatic carbocycles. The van der Waals surface area contributed by atoms with Crippen molar-refractivity contribution in [1.82, 2.24) is 4.90 Å². The van der Waals surface area contributed by atoms with Gasteiger partial charge in [-0.05, 0) is 49.2 Å². The van der Waals surface area contributed by atoms with Crippen LogP contribution in [-0.4, -0.2) is 42.1 Å². The quantitative estimate of drug-likeness (QED) is 0.406. The second kappa shape index (κ2) is 9.96. The third kappa shape index (κ3) is 5.23. The molecule has 3 rings (SSSR count). The monoisotopic (exact) mass is 514 g/mol. The van der Waals surface area contributed by atoms with Crippen molar-refractivity contribution in [2.75, 3.05) is 13.6 Å². The molecule has 1 aliphatic rings. The van der Waals surface area contributed by atoms with Crippen LogP contribution in [0, 0.1) is 6.92 Å². The first-order chi connectivity index (χ1) is 15.9. The van der Waals surface area contributed by atoms with Crippen molar-refractivity contribution in [3.05, 3.63) is 68.7 Å². The summed E-state index contributed by atoms with van der Waals surface area (Å²) in [5.41, 5.74) is -1.53. The van der Waals surface area contributed by atoms with E-state index in [1.807, 2.05) is 6.92 Å². The molecule has 1 amide bonds. The summed E-state index contributed by atoms with van der Waals surface area (Å²) >= 11 is 11.9. The summed E-state index contributed by atoms with van der Waals surface area (Å²) in [6.07, 6.45) is -5.26. The Morgan fingerprint density at radius 1 is 1.12 bits per heavy atom. The van der Waals surface area contributed by atoms with Crippen molar-refractivity contribution >= 4 is 40.6 Å². The van der Waals surface area contributed by atoms with Gasteiger partial charge < -0.3 is 9.74 Å². The van der Waals surface area contributed by atoms with Gasteiger partial charge in [0.15, 0.2) is 5.78 Å². The van der Waals surface area contributed by atoms with Crippen LogP contribution < -0.4 is 0 Å². The number of halogens is 5. The molecule has 34 heavy (non-hydrogen) atoms. The maximum atomic E-state index is 14.2. The van der Waals surface area contributed by atoms with Crippen LogP contribution in [0.5, 0.6) is 0 Å². The number of carbonyl (C=O) groups excluding carboxylic acids is 2. The van der Waals surface area contributed by atoms with Crippen molar-refractivity contribution in [2.24, 2.45) is 5.16 Å². The standard InChI is InChI=1S/C24H23Cl2F3N2O3/c1-4-31(3)22(33)8-7-21(32)19-6-5-15(9-14(19)2)20-13-23(34-30-20,24(27,28)29)16-10-17(25)12-18(26)11-16/h5-6,9-12H,4,7-8,13H2,1-3H3. The van der Waals surface area contributed by atoms with Crippen LogP contribution >= 0.6 is 23.2 Å². The molecule has 0 saturated heterocycles. The topological polar surface area (TPSA) is 59.0 Å². The summed E-state index contributed by atoms with van der Waals surface area (Å²) in [6, 6.07) is 8.30. The molecule has 10 heteroatoms. The van der Waals surface area contributed by atoms with E-state index in [-0.39, 0.29) is 45.9 Å². The molecular weight excluding hydrogens is 492 g/mol. The fourth-order valence-corrected chi connectivity index (χ4v) is 4.25. The lowest BCUT2D eigenvalue weighted by atomic mass is 9.86. The maximum absolute atomic E-state index is 14.2. The number of Topliss-reactive ketones (excluding diaryl/α,β-unsaturated/α-hetero) is 1. The first-order valence-corrected chi connectivity index (χ1v) is 11.3. The Kier molecular flexibility index (Phi) is 7.62. The van der Waals surface area contributed by atoms with Crippen LogP contribution in [-0.2, 0) is 15.2 Å². The minimum absolute atomic E-state index is 0.0418. The smallest absolute Gasteiger partial charge is 0.374 e. The van der Waals surface area contributed by atoms with E-state index in [4.69, 9.17) is 28.0 Å². The largest absolute Gasteiger partial charge is 0.435 e. The van der Waals surface area contributed by atoms with Crippen molar-refractivity contribution in [2.45, 2.75) is 44.9 Å². The molecule has 0 fully saturated rings. The Hall–Kier alpha value is -2.58.